The standard InChI is InChI=1S/C7H3BrIN/c8-7-3-6(9)2-1-5(7)4-10/h1-3H/i1D,2D,3D. The maximum Gasteiger partial charge on any atom is 0.100 e. The van der Waals surface area contributed by atoms with Crippen LogP contribution in [0.15, 0.2) is 22.6 Å². The van der Waals surface area contributed by atoms with Gasteiger partial charge in [-0.15, -0.1) is 0 Å². The first-order valence-electron chi connectivity index (χ1n) is 3.85. The highest BCUT2D eigenvalue weighted by Crippen LogP contribution is 2.18. The molecule has 0 heterocycles. The number of rotatable bonds is 0. The first-order chi connectivity index (χ1) is 6.00. The Bertz CT molecular complexity index is 384. The molecule has 3 heteroatoms. The van der Waals surface area contributed by atoms with Crippen molar-refractivity contribution in [3.63, 3.8) is 0 Å². The summed E-state index contributed by atoms with van der Waals surface area (Å²) in [6.07, 6.45) is 0. The summed E-state index contributed by atoms with van der Waals surface area (Å²) >= 11 is 4.88. The average Bonchev–Trinajstić information content (AvgIpc) is 2.13. The molecule has 0 spiro atoms. The van der Waals surface area contributed by atoms with Crippen LogP contribution in [0.5, 0.6) is 0 Å². The third-order valence-electron chi connectivity index (χ3n) is 0.848. The summed E-state index contributed by atoms with van der Waals surface area (Å²) in [6.45, 7) is 0. The Kier molecular flexibility index (Phi) is 1.58. The van der Waals surface area contributed by atoms with Gasteiger partial charge in [-0.1, -0.05) is 0 Å². The largest absolute Gasteiger partial charge is 0.192 e. The van der Waals surface area contributed by atoms with E-state index >= 15 is 0 Å². The fraction of sp³-hybridized carbons (Fsp3) is 0. The molecule has 0 saturated carbocycles. The summed E-state index contributed by atoms with van der Waals surface area (Å²) in [5, 5.41) is 8.67. The molecule has 0 saturated heterocycles. The molecule has 0 aromatic heterocycles. The van der Waals surface area contributed by atoms with Crippen molar-refractivity contribution >= 4 is 38.5 Å². The number of benzene rings is 1. The van der Waals surface area contributed by atoms with Crippen molar-refractivity contribution in [2.45, 2.75) is 0 Å². The Morgan fingerprint density at radius 3 is 3.00 bits per heavy atom. The minimum absolute atomic E-state index is 0.0513. The monoisotopic (exact) mass is 310 g/mol. The fourth-order valence-electron chi connectivity index (χ4n) is 0.439. The van der Waals surface area contributed by atoms with Crippen LogP contribution in [0.2, 0.25) is 0 Å². The number of nitriles is 1. The van der Waals surface area contributed by atoms with Crippen molar-refractivity contribution in [3.8, 4) is 6.07 Å². The minimum atomic E-state index is -0.130. The van der Waals surface area contributed by atoms with Crippen LogP contribution in [0.1, 0.15) is 9.68 Å². The van der Waals surface area contributed by atoms with E-state index in [-0.39, 0.29) is 23.7 Å². The molecule has 0 atom stereocenters. The van der Waals surface area contributed by atoms with Crippen molar-refractivity contribution in [2.75, 3.05) is 0 Å². The lowest BCUT2D eigenvalue weighted by Crippen LogP contribution is -1.77. The molecule has 1 aromatic carbocycles. The van der Waals surface area contributed by atoms with Gasteiger partial charge in [-0.05, 0) is 56.6 Å². The summed E-state index contributed by atoms with van der Waals surface area (Å²) < 4.78 is 23.1. The smallest absolute Gasteiger partial charge is 0.100 e. The van der Waals surface area contributed by atoms with E-state index in [2.05, 4.69) is 15.9 Å². The minimum Gasteiger partial charge on any atom is -0.192 e. The number of hydrogen-bond donors (Lipinski definition) is 0. The van der Waals surface area contributed by atoms with E-state index < -0.39 is 0 Å². The molecule has 0 radical (unpaired) electrons. The van der Waals surface area contributed by atoms with Gasteiger partial charge in [0.05, 0.1) is 9.68 Å². The molecule has 0 unspecified atom stereocenters. The molecule has 0 amide bonds. The van der Waals surface area contributed by atoms with E-state index in [1.54, 1.807) is 6.07 Å². The molecule has 50 valence electrons. The maximum atomic E-state index is 8.67. The van der Waals surface area contributed by atoms with Gasteiger partial charge in [-0.25, -0.2) is 0 Å². The first kappa shape index (κ1) is 4.73. The van der Waals surface area contributed by atoms with Crippen LogP contribution < -0.4 is 0 Å². The molecule has 0 aliphatic heterocycles. The van der Waals surface area contributed by atoms with Crippen molar-refractivity contribution in [2.24, 2.45) is 0 Å². The molecular formula is C7H3BrIN. The fourth-order valence-corrected chi connectivity index (χ4v) is 1.60. The Balaban J connectivity index is 3.69. The van der Waals surface area contributed by atoms with Gasteiger partial charge in [0.15, 0.2) is 0 Å². The van der Waals surface area contributed by atoms with Gasteiger partial charge in [0.2, 0.25) is 0 Å². The molecule has 10 heavy (non-hydrogen) atoms. The summed E-state index contributed by atoms with van der Waals surface area (Å²) in [5.41, 5.74) is 0.0513. The van der Waals surface area contributed by atoms with Crippen molar-refractivity contribution < 1.29 is 4.11 Å². The van der Waals surface area contributed by atoms with Crippen LogP contribution >= 0.6 is 38.5 Å². The third kappa shape index (κ3) is 1.70. The van der Waals surface area contributed by atoms with E-state index in [1.807, 2.05) is 22.6 Å². The van der Waals surface area contributed by atoms with Crippen LogP contribution in [-0.2, 0) is 0 Å². The molecular weight excluding hydrogens is 305 g/mol. The van der Waals surface area contributed by atoms with Gasteiger partial charge < -0.3 is 0 Å². The lowest BCUT2D eigenvalue weighted by molar-refractivity contribution is 1.46. The Hall–Kier alpha value is -0.0800. The predicted molar refractivity (Wildman–Crippen MR) is 51.6 cm³/mol. The highest BCUT2D eigenvalue weighted by Gasteiger charge is 1.96. The molecule has 1 rings (SSSR count). The highest BCUT2D eigenvalue weighted by atomic mass is 127. The number of hydrogen-bond acceptors (Lipinski definition) is 1. The van der Waals surface area contributed by atoms with Gasteiger partial charge in [0, 0.05) is 8.04 Å². The van der Waals surface area contributed by atoms with Crippen LogP contribution in [-0.4, -0.2) is 0 Å². The molecule has 1 aromatic rings. The topological polar surface area (TPSA) is 23.8 Å². The highest BCUT2D eigenvalue weighted by molar-refractivity contribution is 14.1. The zero-order chi connectivity index (χ0) is 10.2. The van der Waals surface area contributed by atoms with Crippen LogP contribution in [0.4, 0.5) is 0 Å². The second kappa shape index (κ2) is 3.35. The van der Waals surface area contributed by atoms with Gasteiger partial charge in [-0.2, -0.15) is 5.26 Å². The zero-order valence-corrected chi connectivity index (χ0v) is 8.45. The SMILES string of the molecule is [2H]c1c([2H])c(C#N)c(Br)c([2H])c1I. The third-order valence-corrected chi connectivity index (χ3v) is 1.98. The summed E-state index contributed by atoms with van der Waals surface area (Å²) in [4.78, 5) is 0. The Labute approximate surface area is 85.5 Å². The molecule has 0 fully saturated rings. The number of halogens is 2. The van der Waals surface area contributed by atoms with Crippen LogP contribution in [0, 0.1) is 14.9 Å². The average molecular weight is 311 g/mol. The molecule has 0 bridgehead atoms. The van der Waals surface area contributed by atoms with E-state index in [0.29, 0.717) is 8.04 Å². The van der Waals surface area contributed by atoms with Gasteiger partial charge in [-0.3, -0.25) is 0 Å². The van der Waals surface area contributed by atoms with Crippen LogP contribution in [0.25, 0.3) is 0 Å². The van der Waals surface area contributed by atoms with Crippen molar-refractivity contribution in [1.29, 1.82) is 5.26 Å². The summed E-state index contributed by atoms with van der Waals surface area (Å²) in [7, 11) is 0. The zero-order valence-electron chi connectivity index (χ0n) is 7.70. The summed E-state index contributed by atoms with van der Waals surface area (Å²) in [6, 6.07) is 1.70. The van der Waals surface area contributed by atoms with E-state index in [9.17, 15) is 0 Å². The molecule has 0 aliphatic rings. The first-order valence-corrected chi connectivity index (χ1v) is 4.22. The quantitative estimate of drug-likeness (QED) is 0.676. The maximum absolute atomic E-state index is 8.67. The normalized spacial score (nSPS) is 13.1. The lowest BCUT2D eigenvalue weighted by Gasteiger charge is -1.93. The second-order valence-electron chi connectivity index (χ2n) is 1.49. The van der Waals surface area contributed by atoms with Gasteiger partial charge in [0.1, 0.15) is 6.07 Å². The Morgan fingerprint density at radius 2 is 2.40 bits per heavy atom. The van der Waals surface area contributed by atoms with Crippen molar-refractivity contribution in [1.82, 2.24) is 0 Å². The number of nitrogens with zero attached hydrogens (tertiary/aromatic N) is 1. The van der Waals surface area contributed by atoms with Gasteiger partial charge in [0.25, 0.3) is 0 Å². The summed E-state index contributed by atoms with van der Waals surface area (Å²) in [5.74, 6) is 0. The van der Waals surface area contributed by atoms with Gasteiger partial charge >= 0.3 is 0 Å². The van der Waals surface area contributed by atoms with E-state index in [4.69, 9.17) is 9.37 Å². The molecule has 1 nitrogen and oxygen atoms in total. The molecule has 0 N–H and O–H groups in total. The molecule has 0 aliphatic carbocycles. The second-order valence-corrected chi connectivity index (χ2v) is 3.36. The van der Waals surface area contributed by atoms with Crippen molar-refractivity contribution in [3.05, 3.63) is 31.7 Å². The van der Waals surface area contributed by atoms with Crippen LogP contribution in [0.3, 0.4) is 0 Å². The van der Waals surface area contributed by atoms with E-state index in [0.717, 1.165) is 0 Å². The Morgan fingerprint density at radius 1 is 1.70 bits per heavy atom. The predicted octanol–water partition coefficient (Wildman–Crippen LogP) is 2.93. The lowest BCUT2D eigenvalue weighted by atomic mass is 10.2. The van der Waals surface area contributed by atoms with E-state index in [1.165, 1.54) is 0 Å².